The molecule has 9 heteroatoms. The van der Waals surface area contributed by atoms with Gasteiger partial charge in [0.15, 0.2) is 0 Å². The molecule has 134 valence electrons. The van der Waals surface area contributed by atoms with E-state index in [2.05, 4.69) is 9.71 Å². The molecule has 0 amide bonds. The first kappa shape index (κ1) is 18.0. The van der Waals surface area contributed by atoms with E-state index < -0.39 is 20.0 Å². The summed E-state index contributed by atoms with van der Waals surface area (Å²) in [6.45, 7) is 1.13. The Balaban J connectivity index is 1.75. The second kappa shape index (κ2) is 7.20. The molecule has 3 rings (SSSR count). The topological polar surface area (TPSA) is 96.4 Å². The zero-order chi connectivity index (χ0) is 17.9. The van der Waals surface area contributed by atoms with Crippen LogP contribution in [0.3, 0.4) is 0 Å². The van der Waals surface area contributed by atoms with Crippen LogP contribution in [-0.2, 0) is 26.6 Å². The van der Waals surface area contributed by atoms with Crippen LogP contribution in [0.4, 0.5) is 0 Å². The lowest BCUT2D eigenvalue weighted by Gasteiger charge is -2.15. The monoisotopic (exact) mass is 381 g/mol. The van der Waals surface area contributed by atoms with Crippen molar-refractivity contribution in [3.63, 3.8) is 0 Å². The molecule has 0 spiro atoms. The Bertz CT molecular complexity index is 921. The molecule has 0 saturated carbocycles. The van der Waals surface area contributed by atoms with Crippen molar-refractivity contribution in [1.29, 1.82) is 0 Å². The summed E-state index contributed by atoms with van der Waals surface area (Å²) in [6.07, 6.45) is 4.89. The summed E-state index contributed by atoms with van der Waals surface area (Å²) in [5.41, 5.74) is 0.735. The molecule has 0 radical (unpaired) electrons. The first-order chi connectivity index (χ1) is 11.9. The number of rotatable bonds is 6. The van der Waals surface area contributed by atoms with Gasteiger partial charge in [0, 0.05) is 32.0 Å². The first-order valence-corrected chi connectivity index (χ1v) is 10.8. The Labute approximate surface area is 147 Å². The fourth-order valence-corrected chi connectivity index (χ4v) is 5.17. The van der Waals surface area contributed by atoms with Crippen LogP contribution in [-0.4, -0.2) is 39.2 Å². The molecule has 25 heavy (non-hydrogen) atoms. The molecule has 1 aliphatic rings. The standard InChI is InChI=1S/C16H19N3O4S2/c20-24(21,18-13-14-4-3-9-17-12-14)15-5-7-16(8-6-15)25(22,23)19-10-1-2-11-19/h3-9,12,18H,1-2,10-11,13H2. The highest BCUT2D eigenvalue weighted by Gasteiger charge is 2.27. The van der Waals surface area contributed by atoms with Gasteiger partial charge >= 0.3 is 0 Å². The van der Waals surface area contributed by atoms with Gasteiger partial charge in [0.2, 0.25) is 20.0 Å². The summed E-state index contributed by atoms with van der Waals surface area (Å²) in [7, 11) is -7.27. The maximum atomic E-state index is 12.5. The predicted octanol–water partition coefficient (Wildman–Crippen LogP) is 1.34. The minimum absolute atomic E-state index is 0.0248. The molecular formula is C16H19N3O4S2. The maximum Gasteiger partial charge on any atom is 0.243 e. The quantitative estimate of drug-likeness (QED) is 0.815. The van der Waals surface area contributed by atoms with E-state index in [-0.39, 0.29) is 16.3 Å². The van der Waals surface area contributed by atoms with E-state index in [1.54, 1.807) is 24.5 Å². The molecule has 7 nitrogen and oxygen atoms in total. The van der Waals surface area contributed by atoms with Crippen LogP contribution in [0.5, 0.6) is 0 Å². The molecule has 1 aromatic carbocycles. The Morgan fingerprint density at radius 2 is 1.60 bits per heavy atom. The van der Waals surface area contributed by atoms with E-state index in [1.807, 2.05) is 0 Å². The number of aromatic nitrogens is 1. The normalized spacial score (nSPS) is 16.2. The average Bonchev–Trinajstić information content (AvgIpc) is 3.17. The molecular weight excluding hydrogens is 362 g/mol. The third-order valence-electron chi connectivity index (χ3n) is 4.03. The molecule has 2 heterocycles. The fourth-order valence-electron chi connectivity index (χ4n) is 2.63. The van der Waals surface area contributed by atoms with Crippen LogP contribution in [0.15, 0.2) is 58.6 Å². The number of pyridine rings is 1. The predicted molar refractivity (Wildman–Crippen MR) is 92.7 cm³/mol. The highest BCUT2D eigenvalue weighted by Crippen LogP contribution is 2.22. The van der Waals surface area contributed by atoms with Crippen LogP contribution < -0.4 is 4.72 Å². The van der Waals surface area contributed by atoms with Gasteiger partial charge in [0.05, 0.1) is 9.79 Å². The zero-order valence-electron chi connectivity index (χ0n) is 13.5. The number of benzene rings is 1. The van der Waals surface area contributed by atoms with E-state index in [0.29, 0.717) is 13.1 Å². The Hall–Kier alpha value is -1.81. The second-order valence-corrected chi connectivity index (χ2v) is 9.47. The zero-order valence-corrected chi connectivity index (χ0v) is 15.1. The van der Waals surface area contributed by atoms with E-state index in [9.17, 15) is 16.8 Å². The van der Waals surface area contributed by atoms with Crippen molar-refractivity contribution in [2.75, 3.05) is 13.1 Å². The van der Waals surface area contributed by atoms with E-state index in [4.69, 9.17) is 0 Å². The smallest absolute Gasteiger partial charge is 0.243 e. The molecule has 1 fully saturated rings. The molecule has 0 bridgehead atoms. The lowest BCUT2D eigenvalue weighted by molar-refractivity contribution is 0.477. The van der Waals surface area contributed by atoms with Crippen molar-refractivity contribution < 1.29 is 16.8 Å². The molecule has 2 aromatic rings. The summed E-state index contributed by atoms with van der Waals surface area (Å²) < 4.78 is 53.5. The highest BCUT2D eigenvalue weighted by atomic mass is 32.2. The molecule has 1 aromatic heterocycles. The van der Waals surface area contributed by atoms with Crippen molar-refractivity contribution in [1.82, 2.24) is 14.0 Å². The van der Waals surface area contributed by atoms with Crippen molar-refractivity contribution in [3.8, 4) is 0 Å². The van der Waals surface area contributed by atoms with Crippen LogP contribution in [0.1, 0.15) is 18.4 Å². The van der Waals surface area contributed by atoms with Crippen molar-refractivity contribution in [3.05, 3.63) is 54.4 Å². The van der Waals surface area contributed by atoms with Gasteiger partial charge in [-0.05, 0) is 48.7 Å². The van der Waals surface area contributed by atoms with Gasteiger partial charge in [0.25, 0.3) is 0 Å². The Morgan fingerprint density at radius 1 is 0.960 bits per heavy atom. The van der Waals surface area contributed by atoms with Crippen molar-refractivity contribution in [2.24, 2.45) is 0 Å². The van der Waals surface area contributed by atoms with Gasteiger partial charge in [-0.2, -0.15) is 4.31 Å². The Kier molecular flexibility index (Phi) is 5.19. The average molecular weight is 381 g/mol. The summed E-state index contributed by atoms with van der Waals surface area (Å²) >= 11 is 0. The molecule has 1 N–H and O–H groups in total. The number of nitrogens with zero attached hydrogens (tertiary/aromatic N) is 2. The summed E-state index contributed by atoms with van der Waals surface area (Å²) in [6, 6.07) is 8.80. The minimum Gasteiger partial charge on any atom is -0.264 e. The van der Waals surface area contributed by atoms with E-state index in [0.717, 1.165) is 18.4 Å². The molecule has 1 saturated heterocycles. The molecule has 0 unspecified atom stereocenters. The summed E-state index contributed by atoms with van der Waals surface area (Å²) in [5, 5.41) is 0. The summed E-state index contributed by atoms with van der Waals surface area (Å²) in [4.78, 5) is 4.06. The van der Waals surface area contributed by atoms with Crippen molar-refractivity contribution >= 4 is 20.0 Å². The number of sulfonamides is 2. The van der Waals surface area contributed by atoms with Gasteiger partial charge < -0.3 is 0 Å². The third kappa shape index (κ3) is 4.06. The summed E-state index contributed by atoms with van der Waals surface area (Å²) in [5.74, 6) is 0. The van der Waals surface area contributed by atoms with Gasteiger partial charge in [-0.25, -0.2) is 21.6 Å². The van der Waals surface area contributed by atoms with E-state index in [1.165, 1.54) is 28.6 Å². The van der Waals surface area contributed by atoms with Crippen LogP contribution in [0, 0.1) is 0 Å². The molecule has 0 aliphatic carbocycles. The van der Waals surface area contributed by atoms with Crippen LogP contribution >= 0.6 is 0 Å². The van der Waals surface area contributed by atoms with Gasteiger partial charge in [0.1, 0.15) is 0 Å². The second-order valence-electron chi connectivity index (χ2n) is 5.77. The van der Waals surface area contributed by atoms with Gasteiger partial charge in [-0.1, -0.05) is 6.07 Å². The number of hydrogen-bond acceptors (Lipinski definition) is 5. The first-order valence-electron chi connectivity index (χ1n) is 7.88. The lowest BCUT2D eigenvalue weighted by atomic mass is 10.3. The lowest BCUT2D eigenvalue weighted by Crippen LogP contribution is -2.28. The fraction of sp³-hybridized carbons (Fsp3) is 0.312. The van der Waals surface area contributed by atoms with Gasteiger partial charge in [-0.3, -0.25) is 4.98 Å². The third-order valence-corrected chi connectivity index (χ3v) is 7.36. The molecule has 1 aliphatic heterocycles. The van der Waals surface area contributed by atoms with Crippen molar-refractivity contribution in [2.45, 2.75) is 29.2 Å². The Morgan fingerprint density at radius 3 is 2.20 bits per heavy atom. The highest BCUT2D eigenvalue weighted by molar-refractivity contribution is 7.89. The largest absolute Gasteiger partial charge is 0.264 e. The van der Waals surface area contributed by atoms with Crippen LogP contribution in [0.25, 0.3) is 0 Å². The maximum absolute atomic E-state index is 12.5. The van der Waals surface area contributed by atoms with E-state index >= 15 is 0 Å². The van der Waals surface area contributed by atoms with Gasteiger partial charge in [-0.15, -0.1) is 0 Å². The van der Waals surface area contributed by atoms with Crippen LogP contribution in [0.2, 0.25) is 0 Å². The number of nitrogens with one attached hydrogen (secondary N) is 1. The minimum atomic E-state index is -3.73. The SMILES string of the molecule is O=S(=O)(NCc1cccnc1)c1ccc(S(=O)(=O)N2CCCC2)cc1. The number of hydrogen-bond donors (Lipinski definition) is 1. The molecule has 0 atom stereocenters.